The monoisotopic (exact) mass is 260 g/mol. The number of rotatable bonds is 11. The van der Waals surface area contributed by atoms with Gasteiger partial charge < -0.3 is 13.3 Å². The fourth-order valence-electron chi connectivity index (χ4n) is 1.83. The van der Waals surface area contributed by atoms with Crippen LogP contribution < -0.4 is 0 Å². The first-order valence-electron chi connectivity index (χ1n) is 6.66. The van der Waals surface area contributed by atoms with Crippen LogP contribution in [-0.4, -0.2) is 28.6 Å². The zero-order valence-electron chi connectivity index (χ0n) is 11.8. The molecule has 0 rings (SSSR count). The smallest absolute Gasteiger partial charge is 0.374 e. The van der Waals surface area contributed by atoms with Crippen molar-refractivity contribution in [2.75, 3.05) is 19.8 Å². The third-order valence-corrected chi connectivity index (χ3v) is 5.69. The topological polar surface area (TPSA) is 27.7 Å². The molecule has 4 heteroatoms. The summed E-state index contributed by atoms with van der Waals surface area (Å²) in [5.41, 5.74) is 0. The highest BCUT2D eigenvalue weighted by Crippen LogP contribution is 2.22. The van der Waals surface area contributed by atoms with E-state index in [4.69, 9.17) is 13.3 Å². The summed E-state index contributed by atoms with van der Waals surface area (Å²) in [6, 6.07) is 0.900. The van der Waals surface area contributed by atoms with Crippen LogP contribution in [0.15, 0.2) is 12.7 Å². The highest BCUT2D eigenvalue weighted by molar-refractivity contribution is 6.60. The van der Waals surface area contributed by atoms with Gasteiger partial charge in [0.25, 0.3) is 0 Å². The fourth-order valence-corrected chi connectivity index (χ4v) is 4.68. The molecule has 0 bridgehead atoms. The van der Waals surface area contributed by atoms with Gasteiger partial charge in [0.15, 0.2) is 0 Å². The molecule has 3 nitrogen and oxygen atoms in total. The number of hydrogen-bond acceptors (Lipinski definition) is 3. The average Bonchev–Trinajstić information content (AvgIpc) is 2.28. The van der Waals surface area contributed by atoms with E-state index in [1.54, 1.807) is 0 Å². The van der Waals surface area contributed by atoms with Crippen LogP contribution in [0.25, 0.3) is 0 Å². The van der Waals surface area contributed by atoms with Gasteiger partial charge in [0, 0.05) is 25.9 Å². The van der Waals surface area contributed by atoms with Gasteiger partial charge >= 0.3 is 8.80 Å². The summed E-state index contributed by atoms with van der Waals surface area (Å²) in [6.07, 6.45) is 4.07. The molecule has 0 heterocycles. The van der Waals surface area contributed by atoms with Gasteiger partial charge in [-0.1, -0.05) is 13.0 Å². The molecule has 0 saturated heterocycles. The lowest BCUT2D eigenvalue weighted by atomic mass is 10.1. The van der Waals surface area contributed by atoms with Gasteiger partial charge in [-0.3, -0.25) is 0 Å². The summed E-state index contributed by atoms with van der Waals surface area (Å²) in [7, 11) is -2.42. The van der Waals surface area contributed by atoms with E-state index in [0.29, 0.717) is 25.7 Å². The van der Waals surface area contributed by atoms with Crippen molar-refractivity contribution in [3.05, 3.63) is 12.7 Å². The lowest BCUT2D eigenvalue weighted by molar-refractivity contribution is 0.0698. The SMILES string of the molecule is C=CCC(C)CC[Si](OCC)(OCC)OCC. The quantitative estimate of drug-likeness (QED) is 0.419. The molecule has 1 atom stereocenters. The maximum Gasteiger partial charge on any atom is 0.500 e. The van der Waals surface area contributed by atoms with Crippen molar-refractivity contribution >= 4 is 8.80 Å². The summed E-state index contributed by atoms with van der Waals surface area (Å²) < 4.78 is 17.4. The van der Waals surface area contributed by atoms with E-state index in [-0.39, 0.29) is 0 Å². The van der Waals surface area contributed by atoms with Crippen LogP contribution in [0, 0.1) is 5.92 Å². The first-order valence-corrected chi connectivity index (χ1v) is 8.60. The van der Waals surface area contributed by atoms with Crippen molar-refractivity contribution in [2.45, 2.75) is 46.6 Å². The minimum Gasteiger partial charge on any atom is -0.374 e. The van der Waals surface area contributed by atoms with E-state index in [1.165, 1.54) is 0 Å². The Bertz CT molecular complexity index is 180. The molecular weight excluding hydrogens is 232 g/mol. The molecule has 102 valence electrons. The molecule has 17 heavy (non-hydrogen) atoms. The normalized spacial score (nSPS) is 13.6. The van der Waals surface area contributed by atoms with E-state index in [0.717, 1.165) is 18.9 Å². The van der Waals surface area contributed by atoms with Crippen LogP contribution in [0.3, 0.4) is 0 Å². The second kappa shape index (κ2) is 9.83. The lowest BCUT2D eigenvalue weighted by Gasteiger charge is -2.29. The Morgan fingerprint density at radius 3 is 1.88 bits per heavy atom. The van der Waals surface area contributed by atoms with Crippen LogP contribution >= 0.6 is 0 Å². The summed E-state index contributed by atoms with van der Waals surface area (Å²) in [6.45, 7) is 13.9. The first kappa shape index (κ1) is 16.8. The van der Waals surface area contributed by atoms with Crippen molar-refractivity contribution in [1.29, 1.82) is 0 Å². The standard InChI is InChI=1S/C13H28O3Si/c1-6-10-13(5)11-12-17(14-7-2,15-8-3)16-9-4/h6,13H,1,7-12H2,2-5H3. The van der Waals surface area contributed by atoms with E-state index >= 15 is 0 Å². The first-order chi connectivity index (χ1) is 8.14. The highest BCUT2D eigenvalue weighted by atomic mass is 28.4. The molecule has 0 aromatic rings. The van der Waals surface area contributed by atoms with Crippen LogP contribution in [0.4, 0.5) is 0 Å². The average molecular weight is 260 g/mol. The summed E-state index contributed by atoms with van der Waals surface area (Å²) in [4.78, 5) is 0. The molecule has 0 amide bonds. The highest BCUT2D eigenvalue weighted by Gasteiger charge is 2.39. The molecule has 0 fully saturated rings. The molecule has 0 aromatic carbocycles. The minimum absolute atomic E-state index is 0.612. The Hall–Kier alpha value is -0.163. The van der Waals surface area contributed by atoms with Crippen LogP contribution in [0.5, 0.6) is 0 Å². The van der Waals surface area contributed by atoms with Crippen LogP contribution in [0.1, 0.15) is 40.5 Å². The molecule has 0 spiro atoms. The second-order valence-electron chi connectivity index (χ2n) is 4.15. The van der Waals surface area contributed by atoms with Crippen molar-refractivity contribution in [1.82, 2.24) is 0 Å². The van der Waals surface area contributed by atoms with Crippen LogP contribution in [-0.2, 0) is 13.3 Å². The van der Waals surface area contributed by atoms with Gasteiger partial charge in [-0.25, -0.2) is 0 Å². The van der Waals surface area contributed by atoms with Gasteiger partial charge in [0.1, 0.15) is 0 Å². The Kier molecular flexibility index (Phi) is 9.73. The van der Waals surface area contributed by atoms with E-state index in [2.05, 4.69) is 13.5 Å². The van der Waals surface area contributed by atoms with Crippen molar-refractivity contribution < 1.29 is 13.3 Å². The van der Waals surface area contributed by atoms with Gasteiger partial charge in [-0.2, -0.15) is 0 Å². The Labute approximate surface area is 108 Å². The summed E-state index contributed by atoms with van der Waals surface area (Å²) in [5, 5.41) is 0. The van der Waals surface area contributed by atoms with E-state index in [9.17, 15) is 0 Å². The van der Waals surface area contributed by atoms with E-state index in [1.807, 2.05) is 26.8 Å². The molecule has 0 radical (unpaired) electrons. The van der Waals surface area contributed by atoms with Gasteiger partial charge in [-0.05, 0) is 39.5 Å². The van der Waals surface area contributed by atoms with Crippen LogP contribution in [0.2, 0.25) is 6.04 Å². The summed E-state index contributed by atoms with van der Waals surface area (Å²) in [5.74, 6) is 0.612. The predicted octanol–water partition coefficient (Wildman–Crippen LogP) is 3.64. The molecule has 0 N–H and O–H groups in total. The lowest BCUT2D eigenvalue weighted by Crippen LogP contribution is -2.46. The fraction of sp³-hybridized carbons (Fsp3) is 0.846. The zero-order valence-corrected chi connectivity index (χ0v) is 12.8. The van der Waals surface area contributed by atoms with Crippen molar-refractivity contribution in [3.63, 3.8) is 0 Å². The zero-order chi connectivity index (χ0) is 13.1. The molecule has 1 unspecified atom stereocenters. The van der Waals surface area contributed by atoms with Crippen molar-refractivity contribution in [3.8, 4) is 0 Å². The van der Waals surface area contributed by atoms with Crippen molar-refractivity contribution in [2.24, 2.45) is 5.92 Å². The minimum atomic E-state index is -2.42. The Balaban J connectivity index is 4.36. The van der Waals surface area contributed by atoms with Gasteiger partial charge in [0.05, 0.1) is 0 Å². The second-order valence-corrected chi connectivity index (χ2v) is 6.88. The number of allylic oxidation sites excluding steroid dienone is 1. The predicted molar refractivity (Wildman–Crippen MR) is 74.0 cm³/mol. The Morgan fingerprint density at radius 1 is 1.06 bits per heavy atom. The third kappa shape index (κ3) is 6.98. The maximum atomic E-state index is 5.81. The number of hydrogen-bond donors (Lipinski definition) is 0. The van der Waals surface area contributed by atoms with Gasteiger partial charge in [0.2, 0.25) is 0 Å². The molecule has 0 aliphatic heterocycles. The summed E-state index contributed by atoms with van der Waals surface area (Å²) >= 11 is 0. The molecule has 0 aliphatic carbocycles. The Morgan fingerprint density at radius 2 is 1.53 bits per heavy atom. The largest absolute Gasteiger partial charge is 0.500 e. The molecule has 0 aromatic heterocycles. The molecule has 0 saturated carbocycles. The van der Waals surface area contributed by atoms with E-state index < -0.39 is 8.80 Å². The molecule has 0 aliphatic rings. The third-order valence-electron chi connectivity index (χ3n) is 2.61. The maximum absolute atomic E-state index is 5.81. The van der Waals surface area contributed by atoms with Gasteiger partial charge in [-0.15, -0.1) is 6.58 Å². The molecular formula is C13H28O3Si.